The summed E-state index contributed by atoms with van der Waals surface area (Å²) in [6.45, 7) is 2.29. The highest BCUT2D eigenvalue weighted by molar-refractivity contribution is 9.10. The van der Waals surface area contributed by atoms with Crippen molar-refractivity contribution in [2.75, 3.05) is 26.3 Å². The fourth-order valence-corrected chi connectivity index (χ4v) is 2.06. The number of amides is 1. The number of carbonyl (C=O) groups is 1. The second kappa shape index (κ2) is 5.41. The summed E-state index contributed by atoms with van der Waals surface area (Å²) in [5.74, 6) is 0.0780. The summed E-state index contributed by atoms with van der Waals surface area (Å²) in [4.78, 5) is 17.4. The molecule has 2 heterocycles. The quantitative estimate of drug-likeness (QED) is 0.839. The lowest BCUT2D eigenvalue weighted by atomic mass is 10.2. The van der Waals surface area contributed by atoms with Crippen molar-refractivity contribution in [3.63, 3.8) is 0 Å². The van der Waals surface area contributed by atoms with Gasteiger partial charge in [-0.1, -0.05) is 0 Å². The number of rotatable bonds is 3. The number of morpholine rings is 1. The zero-order valence-corrected chi connectivity index (χ0v) is 10.4. The standard InChI is InChI=1S/C11H13BrN2O2/c12-10-5-9(6-13-7-10)1-2-14-3-4-16-8-11(14)15/h5-7H,1-4,8H2. The van der Waals surface area contributed by atoms with Crippen LogP contribution < -0.4 is 0 Å². The molecular formula is C11H13BrN2O2. The predicted molar refractivity (Wildman–Crippen MR) is 63.0 cm³/mol. The topological polar surface area (TPSA) is 42.4 Å². The molecule has 1 fully saturated rings. The van der Waals surface area contributed by atoms with E-state index in [1.165, 1.54) is 0 Å². The Kier molecular flexibility index (Phi) is 3.90. The van der Waals surface area contributed by atoms with Crippen LogP contribution in [0.1, 0.15) is 5.56 Å². The molecule has 1 saturated heterocycles. The van der Waals surface area contributed by atoms with Crippen LogP contribution in [0.4, 0.5) is 0 Å². The van der Waals surface area contributed by atoms with Gasteiger partial charge in [-0.2, -0.15) is 0 Å². The van der Waals surface area contributed by atoms with Crippen LogP contribution in [0, 0.1) is 0 Å². The van der Waals surface area contributed by atoms with E-state index in [9.17, 15) is 4.79 Å². The Morgan fingerprint density at radius 1 is 1.50 bits per heavy atom. The van der Waals surface area contributed by atoms with Gasteiger partial charge in [0.15, 0.2) is 0 Å². The summed E-state index contributed by atoms with van der Waals surface area (Å²) in [5, 5.41) is 0. The van der Waals surface area contributed by atoms with Crippen LogP contribution in [0.3, 0.4) is 0 Å². The third kappa shape index (κ3) is 3.02. The first-order valence-electron chi connectivity index (χ1n) is 5.20. The van der Waals surface area contributed by atoms with Gasteiger partial charge in [0.05, 0.1) is 6.61 Å². The van der Waals surface area contributed by atoms with E-state index >= 15 is 0 Å². The smallest absolute Gasteiger partial charge is 0.248 e. The summed E-state index contributed by atoms with van der Waals surface area (Å²) < 4.78 is 6.04. The lowest BCUT2D eigenvalue weighted by Crippen LogP contribution is -2.42. The van der Waals surface area contributed by atoms with Gasteiger partial charge in [0.25, 0.3) is 0 Å². The molecule has 0 radical (unpaired) electrons. The zero-order chi connectivity index (χ0) is 11.4. The summed E-state index contributed by atoms with van der Waals surface area (Å²) in [5.41, 5.74) is 1.13. The number of aromatic nitrogens is 1. The Hall–Kier alpha value is -0.940. The van der Waals surface area contributed by atoms with Gasteiger partial charge >= 0.3 is 0 Å². The van der Waals surface area contributed by atoms with Crippen molar-refractivity contribution in [2.24, 2.45) is 0 Å². The molecule has 4 nitrogen and oxygen atoms in total. The van der Waals surface area contributed by atoms with Crippen LogP contribution >= 0.6 is 15.9 Å². The first-order valence-corrected chi connectivity index (χ1v) is 6.00. The maximum absolute atomic E-state index is 11.5. The summed E-state index contributed by atoms with van der Waals surface area (Å²) in [6.07, 6.45) is 4.41. The minimum absolute atomic E-state index is 0.0780. The summed E-state index contributed by atoms with van der Waals surface area (Å²) >= 11 is 3.38. The first kappa shape index (κ1) is 11.5. The molecule has 0 N–H and O–H groups in total. The molecule has 0 aliphatic carbocycles. The molecule has 1 aromatic rings. The molecule has 16 heavy (non-hydrogen) atoms. The third-order valence-corrected chi connectivity index (χ3v) is 2.95. The van der Waals surface area contributed by atoms with Crippen LogP contribution in [0.25, 0.3) is 0 Å². The molecule has 2 rings (SSSR count). The lowest BCUT2D eigenvalue weighted by Gasteiger charge is -2.26. The average Bonchev–Trinajstić information content (AvgIpc) is 2.28. The molecule has 0 atom stereocenters. The fraction of sp³-hybridized carbons (Fsp3) is 0.455. The number of pyridine rings is 1. The molecule has 0 saturated carbocycles. The molecular weight excluding hydrogens is 272 g/mol. The third-order valence-electron chi connectivity index (χ3n) is 2.52. The van der Waals surface area contributed by atoms with Gasteiger partial charge in [-0.25, -0.2) is 0 Å². The number of hydrogen-bond donors (Lipinski definition) is 0. The van der Waals surface area contributed by atoms with Crippen LogP contribution in [-0.2, 0) is 16.0 Å². The minimum atomic E-state index is 0.0780. The fourth-order valence-electron chi connectivity index (χ4n) is 1.64. The predicted octanol–water partition coefficient (Wildman–Crippen LogP) is 1.25. The molecule has 1 amide bonds. The number of hydrogen-bond acceptors (Lipinski definition) is 3. The zero-order valence-electron chi connectivity index (χ0n) is 8.86. The van der Waals surface area contributed by atoms with E-state index < -0.39 is 0 Å². The SMILES string of the molecule is O=C1COCCN1CCc1cncc(Br)c1. The average molecular weight is 285 g/mol. The van der Waals surface area contributed by atoms with E-state index in [0.29, 0.717) is 13.2 Å². The second-order valence-corrected chi connectivity index (χ2v) is 4.61. The van der Waals surface area contributed by atoms with E-state index in [2.05, 4.69) is 20.9 Å². The lowest BCUT2D eigenvalue weighted by molar-refractivity contribution is -0.142. The van der Waals surface area contributed by atoms with Gasteiger partial charge in [-0.05, 0) is 34.0 Å². The van der Waals surface area contributed by atoms with E-state index in [1.807, 2.05) is 17.2 Å². The maximum atomic E-state index is 11.5. The van der Waals surface area contributed by atoms with Crippen molar-refractivity contribution in [1.29, 1.82) is 0 Å². The van der Waals surface area contributed by atoms with Crippen LogP contribution in [0.2, 0.25) is 0 Å². The number of nitrogens with zero attached hydrogens (tertiary/aromatic N) is 2. The van der Waals surface area contributed by atoms with E-state index in [1.54, 1.807) is 6.20 Å². The molecule has 1 aliphatic heterocycles. The van der Waals surface area contributed by atoms with E-state index in [4.69, 9.17) is 4.74 Å². The number of ether oxygens (including phenoxy) is 1. The molecule has 0 aromatic carbocycles. The Bertz CT molecular complexity index is 384. The van der Waals surface area contributed by atoms with Crippen molar-refractivity contribution in [3.8, 4) is 0 Å². The Labute approximate surface area is 103 Å². The van der Waals surface area contributed by atoms with Crippen LogP contribution in [0.15, 0.2) is 22.9 Å². The molecule has 0 bridgehead atoms. The van der Waals surface area contributed by atoms with Crippen molar-refractivity contribution in [1.82, 2.24) is 9.88 Å². The normalized spacial score (nSPS) is 16.6. The second-order valence-electron chi connectivity index (χ2n) is 3.69. The van der Waals surface area contributed by atoms with Gasteiger partial charge < -0.3 is 9.64 Å². The van der Waals surface area contributed by atoms with Gasteiger partial charge in [0.1, 0.15) is 6.61 Å². The highest BCUT2D eigenvalue weighted by atomic mass is 79.9. The molecule has 86 valence electrons. The first-order chi connectivity index (χ1) is 7.75. The maximum Gasteiger partial charge on any atom is 0.248 e. The van der Waals surface area contributed by atoms with Gasteiger partial charge in [0.2, 0.25) is 5.91 Å². The van der Waals surface area contributed by atoms with Crippen molar-refractivity contribution >= 4 is 21.8 Å². The van der Waals surface area contributed by atoms with Crippen molar-refractivity contribution < 1.29 is 9.53 Å². The summed E-state index contributed by atoms with van der Waals surface area (Å²) in [7, 11) is 0. The number of halogens is 1. The minimum Gasteiger partial charge on any atom is -0.370 e. The molecule has 5 heteroatoms. The Balaban J connectivity index is 1.89. The van der Waals surface area contributed by atoms with Gasteiger partial charge in [0, 0.05) is 30.0 Å². The van der Waals surface area contributed by atoms with E-state index in [-0.39, 0.29) is 12.5 Å². The summed E-state index contributed by atoms with van der Waals surface area (Å²) in [6, 6.07) is 2.03. The monoisotopic (exact) mass is 284 g/mol. The van der Waals surface area contributed by atoms with Crippen LogP contribution in [-0.4, -0.2) is 42.1 Å². The molecule has 0 unspecified atom stereocenters. The highest BCUT2D eigenvalue weighted by Gasteiger charge is 2.17. The van der Waals surface area contributed by atoms with Gasteiger partial charge in [-0.15, -0.1) is 0 Å². The molecule has 0 spiro atoms. The largest absolute Gasteiger partial charge is 0.370 e. The Morgan fingerprint density at radius 3 is 3.12 bits per heavy atom. The van der Waals surface area contributed by atoms with E-state index in [0.717, 1.165) is 23.0 Å². The molecule has 1 aromatic heterocycles. The number of carbonyl (C=O) groups excluding carboxylic acids is 1. The Morgan fingerprint density at radius 2 is 2.38 bits per heavy atom. The molecule has 1 aliphatic rings. The van der Waals surface area contributed by atoms with Crippen molar-refractivity contribution in [3.05, 3.63) is 28.5 Å². The van der Waals surface area contributed by atoms with Crippen LogP contribution in [0.5, 0.6) is 0 Å². The van der Waals surface area contributed by atoms with Crippen molar-refractivity contribution in [2.45, 2.75) is 6.42 Å². The highest BCUT2D eigenvalue weighted by Crippen LogP contribution is 2.10. The van der Waals surface area contributed by atoms with Gasteiger partial charge in [-0.3, -0.25) is 9.78 Å².